The number of esters is 1. The molecule has 1 rings (SSSR count). The van der Waals surface area contributed by atoms with Gasteiger partial charge in [-0.05, 0) is 25.0 Å². The second-order valence-electron chi connectivity index (χ2n) is 5.30. The van der Waals surface area contributed by atoms with E-state index in [0.717, 1.165) is 37.0 Å². The Labute approximate surface area is 134 Å². The van der Waals surface area contributed by atoms with Crippen molar-refractivity contribution in [2.75, 3.05) is 13.2 Å². The van der Waals surface area contributed by atoms with Crippen LogP contribution in [-0.4, -0.2) is 19.2 Å². The fraction of sp³-hybridized carbons (Fsp3) is 0.526. The summed E-state index contributed by atoms with van der Waals surface area (Å²) in [4.78, 5) is 11.6. The molecule has 1 aromatic carbocycles. The van der Waals surface area contributed by atoms with E-state index < -0.39 is 0 Å². The van der Waals surface area contributed by atoms with Crippen LogP contribution >= 0.6 is 0 Å². The largest absolute Gasteiger partial charge is 0.493 e. The second kappa shape index (κ2) is 11.8. The van der Waals surface area contributed by atoms with Gasteiger partial charge >= 0.3 is 5.97 Å². The highest BCUT2D eigenvalue weighted by atomic mass is 16.5. The van der Waals surface area contributed by atoms with Gasteiger partial charge in [0.1, 0.15) is 5.75 Å². The predicted molar refractivity (Wildman–Crippen MR) is 91.0 cm³/mol. The molecule has 22 heavy (non-hydrogen) atoms. The minimum atomic E-state index is -0.295. The zero-order valence-electron chi connectivity index (χ0n) is 13.8. The first-order valence-electron chi connectivity index (χ1n) is 8.34. The van der Waals surface area contributed by atoms with Crippen molar-refractivity contribution in [2.45, 2.75) is 52.4 Å². The van der Waals surface area contributed by atoms with Gasteiger partial charge < -0.3 is 9.47 Å². The maximum Gasteiger partial charge on any atom is 0.330 e. The highest BCUT2D eigenvalue weighted by Gasteiger charge is 2.01. The summed E-state index contributed by atoms with van der Waals surface area (Å²) in [6, 6.07) is 7.74. The Morgan fingerprint density at radius 2 is 1.68 bits per heavy atom. The van der Waals surface area contributed by atoms with Gasteiger partial charge in [-0.3, -0.25) is 0 Å². The number of hydrogen-bond donors (Lipinski definition) is 0. The Morgan fingerprint density at radius 1 is 1.00 bits per heavy atom. The van der Waals surface area contributed by atoms with Gasteiger partial charge in [0, 0.05) is 11.6 Å². The number of hydrogen-bond acceptors (Lipinski definition) is 3. The summed E-state index contributed by atoms with van der Waals surface area (Å²) < 4.78 is 10.9. The molecule has 0 aliphatic rings. The summed E-state index contributed by atoms with van der Waals surface area (Å²) >= 11 is 0. The van der Waals surface area contributed by atoms with E-state index in [1.54, 1.807) is 6.08 Å². The van der Waals surface area contributed by atoms with Crippen molar-refractivity contribution in [3.8, 4) is 5.75 Å². The van der Waals surface area contributed by atoms with Crippen molar-refractivity contribution in [2.24, 2.45) is 0 Å². The van der Waals surface area contributed by atoms with E-state index in [1.807, 2.05) is 24.3 Å². The number of para-hydroxylation sites is 1. The van der Waals surface area contributed by atoms with E-state index in [0.29, 0.717) is 13.2 Å². The molecule has 0 unspecified atom stereocenters. The molecule has 3 nitrogen and oxygen atoms in total. The van der Waals surface area contributed by atoms with Crippen molar-refractivity contribution in [3.63, 3.8) is 0 Å². The van der Waals surface area contributed by atoms with Crippen LogP contribution in [0.15, 0.2) is 30.3 Å². The van der Waals surface area contributed by atoms with Gasteiger partial charge in [-0.25, -0.2) is 4.79 Å². The molecular weight excluding hydrogens is 276 g/mol. The highest BCUT2D eigenvalue weighted by molar-refractivity contribution is 5.87. The lowest BCUT2D eigenvalue weighted by Gasteiger charge is -2.08. The van der Waals surface area contributed by atoms with Crippen LogP contribution in [0.4, 0.5) is 0 Å². The zero-order chi connectivity index (χ0) is 16.0. The van der Waals surface area contributed by atoms with E-state index in [1.165, 1.54) is 18.9 Å². The summed E-state index contributed by atoms with van der Waals surface area (Å²) in [5.41, 5.74) is 0.907. The molecule has 0 atom stereocenters. The Balaban J connectivity index is 2.46. The van der Waals surface area contributed by atoms with E-state index in [9.17, 15) is 4.79 Å². The minimum absolute atomic E-state index is 0.295. The van der Waals surface area contributed by atoms with Crippen LogP contribution in [0.3, 0.4) is 0 Å². The van der Waals surface area contributed by atoms with Gasteiger partial charge in [-0.2, -0.15) is 0 Å². The average Bonchev–Trinajstić information content (AvgIpc) is 2.54. The number of unbranched alkanes of at least 4 members (excludes halogenated alkanes) is 4. The van der Waals surface area contributed by atoms with Crippen molar-refractivity contribution in [1.82, 2.24) is 0 Å². The molecule has 0 fully saturated rings. The van der Waals surface area contributed by atoms with Crippen LogP contribution in [0.1, 0.15) is 57.9 Å². The maximum atomic E-state index is 11.6. The molecule has 0 aliphatic heterocycles. The molecule has 1 aromatic rings. The molecule has 0 bridgehead atoms. The lowest BCUT2D eigenvalue weighted by Crippen LogP contribution is -2.02. The minimum Gasteiger partial charge on any atom is -0.493 e. The van der Waals surface area contributed by atoms with Crippen molar-refractivity contribution < 1.29 is 14.3 Å². The summed E-state index contributed by atoms with van der Waals surface area (Å²) in [7, 11) is 0. The van der Waals surface area contributed by atoms with Crippen molar-refractivity contribution >= 4 is 12.0 Å². The highest BCUT2D eigenvalue weighted by Crippen LogP contribution is 2.20. The Kier molecular flexibility index (Phi) is 9.84. The third-order valence-electron chi connectivity index (χ3n) is 3.32. The topological polar surface area (TPSA) is 35.5 Å². The Hall–Kier alpha value is -1.77. The summed E-state index contributed by atoms with van der Waals surface area (Å²) in [5.74, 6) is 0.519. The number of benzene rings is 1. The third kappa shape index (κ3) is 7.87. The molecule has 3 heteroatoms. The molecule has 0 spiro atoms. The quantitative estimate of drug-likeness (QED) is 0.328. The van der Waals surface area contributed by atoms with Gasteiger partial charge in [-0.1, -0.05) is 57.7 Å². The molecule has 0 saturated carbocycles. The zero-order valence-corrected chi connectivity index (χ0v) is 13.8. The lowest BCUT2D eigenvalue weighted by molar-refractivity contribution is -0.137. The molecule has 122 valence electrons. The molecule has 0 aromatic heterocycles. The molecule has 0 amide bonds. The summed E-state index contributed by atoms with van der Waals surface area (Å²) in [6.45, 7) is 5.49. The van der Waals surface area contributed by atoms with Crippen LogP contribution in [0.5, 0.6) is 5.75 Å². The monoisotopic (exact) mass is 304 g/mol. The van der Waals surface area contributed by atoms with Gasteiger partial charge in [0.15, 0.2) is 0 Å². The van der Waals surface area contributed by atoms with E-state index >= 15 is 0 Å². The van der Waals surface area contributed by atoms with Gasteiger partial charge in [0.2, 0.25) is 0 Å². The maximum absolute atomic E-state index is 11.6. The standard InChI is InChI=1S/C19H28O3/c1-3-5-9-15-21-18-12-8-7-11-17(18)13-14-19(20)22-16-10-6-4-2/h7-8,11-14H,3-6,9-10,15-16H2,1-2H3/b14-13+. The first-order chi connectivity index (χ1) is 10.8. The first kappa shape index (κ1) is 18.3. The van der Waals surface area contributed by atoms with E-state index in [-0.39, 0.29) is 5.97 Å². The number of rotatable bonds is 11. The number of carbonyl (C=O) groups excluding carboxylic acids is 1. The molecule has 0 aliphatic carbocycles. The molecular formula is C19H28O3. The van der Waals surface area contributed by atoms with Crippen LogP contribution < -0.4 is 4.74 Å². The fourth-order valence-electron chi connectivity index (χ4n) is 2.01. The van der Waals surface area contributed by atoms with Gasteiger partial charge in [0.25, 0.3) is 0 Å². The van der Waals surface area contributed by atoms with Gasteiger partial charge in [-0.15, -0.1) is 0 Å². The number of carbonyl (C=O) groups is 1. The average molecular weight is 304 g/mol. The normalized spacial score (nSPS) is 10.8. The molecule has 0 heterocycles. The Bertz CT molecular complexity index is 452. The van der Waals surface area contributed by atoms with Crippen molar-refractivity contribution in [1.29, 1.82) is 0 Å². The van der Waals surface area contributed by atoms with Crippen LogP contribution in [0, 0.1) is 0 Å². The van der Waals surface area contributed by atoms with Crippen molar-refractivity contribution in [3.05, 3.63) is 35.9 Å². The molecule has 0 N–H and O–H groups in total. The summed E-state index contributed by atoms with van der Waals surface area (Å²) in [5, 5.41) is 0. The second-order valence-corrected chi connectivity index (χ2v) is 5.30. The van der Waals surface area contributed by atoms with E-state index in [2.05, 4.69) is 13.8 Å². The lowest BCUT2D eigenvalue weighted by atomic mass is 10.2. The van der Waals surface area contributed by atoms with Gasteiger partial charge in [0.05, 0.1) is 13.2 Å². The fourth-order valence-corrected chi connectivity index (χ4v) is 2.01. The molecule has 0 radical (unpaired) electrons. The molecule has 0 saturated heterocycles. The first-order valence-corrected chi connectivity index (χ1v) is 8.34. The van der Waals surface area contributed by atoms with Crippen LogP contribution in [-0.2, 0) is 9.53 Å². The summed E-state index contributed by atoms with van der Waals surface area (Å²) in [6.07, 6.45) is 9.76. The predicted octanol–water partition coefficient (Wildman–Crippen LogP) is 5.00. The Morgan fingerprint density at radius 3 is 2.41 bits per heavy atom. The van der Waals surface area contributed by atoms with Crippen LogP contribution in [0.25, 0.3) is 6.08 Å². The SMILES string of the molecule is CCCCCOC(=O)/C=C/c1ccccc1OCCCCC. The van der Waals surface area contributed by atoms with E-state index in [4.69, 9.17) is 9.47 Å². The third-order valence-corrected chi connectivity index (χ3v) is 3.32. The van der Waals surface area contributed by atoms with Crippen LogP contribution in [0.2, 0.25) is 0 Å². The number of ether oxygens (including phenoxy) is 2. The smallest absolute Gasteiger partial charge is 0.330 e.